The largest absolute Gasteiger partial charge is 0.396 e. The molecule has 0 aliphatic rings. The molecule has 0 heterocycles. The van der Waals surface area contributed by atoms with E-state index in [-0.39, 0.29) is 6.61 Å². The van der Waals surface area contributed by atoms with Crippen LogP contribution in [-0.4, -0.2) is 18.3 Å². The van der Waals surface area contributed by atoms with Gasteiger partial charge in [0, 0.05) is 23.9 Å². The van der Waals surface area contributed by atoms with Gasteiger partial charge >= 0.3 is 0 Å². The summed E-state index contributed by atoms with van der Waals surface area (Å²) < 4.78 is 0. The lowest BCUT2D eigenvalue weighted by Crippen LogP contribution is -2.05. The molecule has 2 nitrogen and oxygen atoms in total. The number of aryl methyl sites for hydroxylation is 1. The molecule has 0 saturated heterocycles. The number of halogens is 1. The van der Waals surface area contributed by atoms with Gasteiger partial charge in [0.1, 0.15) is 0 Å². The van der Waals surface area contributed by atoms with Gasteiger partial charge in [0.2, 0.25) is 0 Å². The highest BCUT2D eigenvalue weighted by Crippen LogP contribution is 2.21. The quantitative estimate of drug-likeness (QED) is 0.738. The maximum absolute atomic E-state index is 8.66. The number of aliphatic hydroxyl groups is 1. The second-order valence-corrected chi connectivity index (χ2v) is 3.60. The average Bonchev–Trinajstić information content (AvgIpc) is 2.19. The summed E-state index contributed by atoms with van der Waals surface area (Å²) in [5.41, 5.74) is 2.33. The fourth-order valence-corrected chi connectivity index (χ4v) is 1.50. The number of rotatable bonds is 5. The Hall–Kier alpha value is -0.730. The van der Waals surface area contributed by atoms with E-state index >= 15 is 0 Å². The van der Waals surface area contributed by atoms with Crippen LogP contribution in [0.3, 0.4) is 0 Å². The Morgan fingerprint density at radius 3 is 2.86 bits per heavy atom. The van der Waals surface area contributed by atoms with Crippen molar-refractivity contribution < 1.29 is 5.11 Å². The number of hydrogen-bond donors (Lipinski definition) is 2. The first-order valence-corrected chi connectivity index (χ1v) is 5.29. The molecule has 0 spiro atoms. The lowest BCUT2D eigenvalue weighted by Gasteiger charge is -2.10. The predicted molar refractivity (Wildman–Crippen MR) is 61.0 cm³/mol. The van der Waals surface area contributed by atoms with E-state index in [9.17, 15) is 0 Å². The van der Waals surface area contributed by atoms with Crippen LogP contribution in [0, 0.1) is 0 Å². The Kier molecular flexibility index (Phi) is 4.77. The third-order valence-corrected chi connectivity index (χ3v) is 2.34. The Bertz CT molecular complexity index is 289. The van der Waals surface area contributed by atoms with Crippen molar-refractivity contribution in [3.8, 4) is 0 Å². The van der Waals surface area contributed by atoms with E-state index in [0.29, 0.717) is 0 Å². The number of hydrogen-bond acceptors (Lipinski definition) is 2. The van der Waals surface area contributed by atoms with Gasteiger partial charge in [-0.1, -0.05) is 24.6 Å². The number of aliphatic hydroxyl groups excluding tert-OH is 1. The van der Waals surface area contributed by atoms with Crippen molar-refractivity contribution in [3.05, 3.63) is 28.8 Å². The van der Waals surface area contributed by atoms with Gasteiger partial charge in [-0.25, -0.2) is 0 Å². The van der Waals surface area contributed by atoms with Crippen LogP contribution < -0.4 is 5.32 Å². The van der Waals surface area contributed by atoms with Gasteiger partial charge in [-0.2, -0.15) is 0 Å². The molecule has 1 aromatic carbocycles. The van der Waals surface area contributed by atoms with Gasteiger partial charge in [0.25, 0.3) is 0 Å². The molecule has 0 fully saturated rings. The molecular weight excluding hydrogens is 198 g/mol. The fourth-order valence-electron chi connectivity index (χ4n) is 1.32. The van der Waals surface area contributed by atoms with E-state index in [1.807, 2.05) is 18.2 Å². The summed E-state index contributed by atoms with van der Waals surface area (Å²) in [7, 11) is 0. The zero-order valence-electron chi connectivity index (χ0n) is 8.39. The zero-order chi connectivity index (χ0) is 10.4. The molecular formula is C11H16ClNO. The van der Waals surface area contributed by atoms with Crippen molar-refractivity contribution in [1.29, 1.82) is 0 Å². The Morgan fingerprint density at radius 2 is 2.21 bits per heavy atom. The van der Waals surface area contributed by atoms with E-state index in [2.05, 4.69) is 12.2 Å². The standard InChI is InChI=1S/C11H16ClNO/c1-2-9-4-5-10(12)8-11(9)13-6-3-7-14/h4-5,8,13-14H,2-3,6-7H2,1H3. The van der Waals surface area contributed by atoms with Gasteiger partial charge in [0.05, 0.1) is 0 Å². The maximum atomic E-state index is 8.66. The lowest BCUT2D eigenvalue weighted by molar-refractivity contribution is 0.292. The SMILES string of the molecule is CCc1ccc(Cl)cc1NCCCO. The molecule has 1 aromatic rings. The van der Waals surface area contributed by atoms with Gasteiger partial charge in [-0.15, -0.1) is 0 Å². The van der Waals surface area contributed by atoms with Gasteiger partial charge in [-0.3, -0.25) is 0 Å². The summed E-state index contributed by atoms with van der Waals surface area (Å²) in [5.74, 6) is 0. The molecule has 1 rings (SSSR count). The summed E-state index contributed by atoms with van der Waals surface area (Å²) in [5, 5.41) is 12.7. The Labute approximate surface area is 89.9 Å². The lowest BCUT2D eigenvalue weighted by atomic mass is 10.1. The molecule has 78 valence electrons. The van der Waals surface area contributed by atoms with Gasteiger partial charge in [-0.05, 0) is 30.5 Å². The molecule has 0 aliphatic carbocycles. The number of nitrogens with one attached hydrogen (secondary N) is 1. The first-order chi connectivity index (χ1) is 6.77. The van der Waals surface area contributed by atoms with Crippen molar-refractivity contribution >= 4 is 17.3 Å². The molecule has 2 N–H and O–H groups in total. The Balaban J connectivity index is 2.67. The summed E-state index contributed by atoms with van der Waals surface area (Å²) in [6.45, 7) is 3.11. The van der Waals surface area contributed by atoms with E-state index in [1.54, 1.807) is 0 Å². The van der Waals surface area contributed by atoms with Gasteiger partial charge in [0.15, 0.2) is 0 Å². The molecule has 0 unspecified atom stereocenters. The first-order valence-electron chi connectivity index (χ1n) is 4.91. The number of anilines is 1. The average molecular weight is 214 g/mol. The van der Waals surface area contributed by atoms with Crippen LogP contribution in [0.2, 0.25) is 5.02 Å². The summed E-state index contributed by atoms with van der Waals surface area (Å²) >= 11 is 5.90. The smallest absolute Gasteiger partial charge is 0.0447 e. The minimum Gasteiger partial charge on any atom is -0.396 e. The third-order valence-electron chi connectivity index (χ3n) is 2.10. The molecule has 3 heteroatoms. The Morgan fingerprint density at radius 1 is 1.43 bits per heavy atom. The molecule has 0 aromatic heterocycles. The summed E-state index contributed by atoms with van der Waals surface area (Å²) in [6.07, 6.45) is 1.74. The van der Waals surface area contributed by atoms with Crippen LogP contribution in [0.1, 0.15) is 18.9 Å². The van der Waals surface area contributed by atoms with Crippen LogP contribution in [0.5, 0.6) is 0 Å². The minimum atomic E-state index is 0.217. The highest BCUT2D eigenvalue weighted by molar-refractivity contribution is 6.30. The van der Waals surface area contributed by atoms with Crippen LogP contribution in [-0.2, 0) is 6.42 Å². The van der Waals surface area contributed by atoms with E-state index in [0.717, 1.165) is 30.1 Å². The molecule has 0 aliphatic heterocycles. The molecule has 14 heavy (non-hydrogen) atoms. The van der Waals surface area contributed by atoms with Crippen LogP contribution in [0.15, 0.2) is 18.2 Å². The van der Waals surface area contributed by atoms with E-state index in [4.69, 9.17) is 16.7 Å². The van der Waals surface area contributed by atoms with Crippen LogP contribution in [0.4, 0.5) is 5.69 Å². The number of benzene rings is 1. The predicted octanol–water partition coefficient (Wildman–Crippen LogP) is 2.70. The normalized spacial score (nSPS) is 10.2. The van der Waals surface area contributed by atoms with Crippen LogP contribution >= 0.6 is 11.6 Å². The van der Waals surface area contributed by atoms with Crippen molar-refractivity contribution in [2.75, 3.05) is 18.5 Å². The fraction of sp³-hybridized carbons (Fsp3) is 0.455. The highest BCUT2D eigenvalue weighted by atomic mass is 35.5. The first kappa shape index (κ1) is 11.3. The molecule has 0 amide bonds. The highest BCUT2D eigenvalue weighted by Gasteiger charge is 2.00. The van der Waals surface area contributed by atoms with Crippen molar-refractivity contribution in [1.82, 2.24) is 0 Å². The van der Waals surface area contributed by atoms with Crippen molar-refractivity contribution in [2.45, 2.75) is 19.8 Å². The van der Waals surface area contributed by atoms with Crippen molar-refractivity contribution in [3.63, 3.8) is 0 Å². The van der Waals surface area contributed by atoms with E-state index < -0.39 is 0 Å². The van der Waals surface area contributed by atoms with Gasteiger partial charge < -0.3 is 10.4 Å². The second kappa shape index (κ2) is 5.89. The molecule has 0 atom stereocenters. The minimum absolute atomic E-state index is 0.217. The zero-order valence-corrected chi connectivity index (χ0v) is 9.14. The third kappa shape index (κ3) is 3.20. The second-order valence-electron chi connectivity index (χ2n) is 3.16. The summed E-state index contributed by atoms with van der Waals surface area (Å²) in [4.78, 5) is 0. The maximum Gasteiger partial charge on any atom is 0.0447 e. The van der Waals surface area contributed by atoms with Crippen LogP contribution in [0.25, 0.3) is 0 Å². The molecule has 0 radical (unpaired) electrons. The van der Waals surface area contributed by atoms with E-state index in [1.165, 1.54) is 5.56 Å². The van der Waals surface area contributed by atoms with Crippen molar-refractivity contribution in [2.24, 2.45) is 0 Å². The molecule has 0 bridgehead atoms. The molecule has 0 saturated carbocycles. The monoisotopic (exact) mass is 213 g/mol. The topological polar surface area (TPSA) is 32.3 Å². The summed E-state index contributed by atoms with van der Waals surface area (Å²) in [6, 6.07) is 5.86.